The van der Waals surface area contributed by atoms with Gasteiger partial charge >= 0.3 is 5.97 Å². The van der Waals surface area contributed by atoms with Gasteiger partial charge in [-0.25, -0.2) is 13.9 Å². The highest BCUT2D eigenvalue weighted by atomic mass is 19.1. The van der Waals surface area contributed by atoms with Gasteiger partial charge in [-0.1, -0.05) is 5.92 Å². The number of H-pyrrole nitrogens is 1. The summed E-state index contributed by atoms with van der Waals surface area (Å²) in [7, 11) is 0. The number of halogens is 1. The van der Waals surface area contributed by atoms with Crippen LogP contribution in [0.4, 0.5) is 10.1 Å². The van der Waals surface area contributed by atoms with Crippen LogP contribution in [0.3, 0.4) is 0 Å². The first kappa shape index (κ1) is 15.5. The molecule has 2 aromatic rings. The molecule has 25 heavy (non-hydrogen) atoms. The Hall–Kier alpha value is -3.01. The number of carbonyl (C=O) groups excluding carboxylic acids is 1. The molecular weight excluding hydrogens is 325 g/mol. The number of esters is 1. The minimum Gasteiger partial charge on any atom is -0.423 e. The van der Waals surface area contributed by atoms with E-state index in [0.29, 0.717) is 12.1 Å². The van der Waals surface area contributed by atoms with Gasteiger partial charge < -0.3 is 9.64 Å². The van der Waals surface area contributed by atoms with Gasteiger partial charge in [0.15, 0.2) is 11.6 Å². The molecule has 128 valence electrons. The number of rotatable bonds is 2. The van der Waals surface area contributed by atoms with Crippen molar-refractivity contribution in [2.24, 2.45) is 0 Å². The van der Waals surface area contributed by atoms with Crippen molar-refractivity contribution in [3.63, 3.8) is 0 Å². The number of nitrogens with one attached hydrogen (secondary N) is 1. The van der Waals surface area contributed by atoms with Crippen LogP contribution in [0.25, 0.3) is 5.69 Å². The van der Waals surface area contributed by atoms with Gasteiger partial charge in [-0.05, 0) is 31.7 Å². The molecule has 1 N–H and O–H groups in total. The minimum absolute atomic E-state index is 0.0155. The number of benzene rings is 1. The number of hydrogen-bond donors (Lipinski definition) is 1. The molecule has 1 aromatic carbocycles. The molecule has 0 amide bonds. The van der Waals surface area contributed by atoms with E-state index in [1.165, 1.54) is 10.7 Å². The lowest BCUT2D eigenvalue weighted by Crippen LogP contribution is -2.37. The van der Waals surface area contributed by atoms with Crippen LogP contribution >= 0.6 is 0 Å². The van der Waals surface area contributed by atoms with E-state index < -0.39 is 11.8 Å². The van der Waals surface area contributed by atoms with Gasteiger partial charge in [-0.3, -0.25) is 9.89 Å². The van der Waals surface area contributed by atoms with Crippen molar-refractivity contribution < 1.29 is 13.9 Å². The lowest BCUT2D eigenvalue weighted by Gasteiger charge is -2.28. The molecule has 0 bridgehead atoms. The molecule has 1 aromatic heterocycles. The molecule has 1 aliphatic carbocycles. The van der Waals surface area contributed by atoms with E-state index in [1.807, 2.05) is 0 Å². The summed E-state index contributed by atoms with van der Waals surface area (Å²) in [5.41, 5.74) is 1.94. The fourth-order valence-electron chi connectivity index (χ4n) is 3.44. The highest BCUT2D eigenvalue weighted by molar-refractivity contribution is 5.85. The Bertz CT molecular complexity index is 967. The number of carbonyl (C=O) groups is 1. The van der Waals surface area contributed by atoms with Gasteiger partial charge in [-0.15, -0.1) is 6.42 Å². The number of fused-ring (bicyclic) bond motifs is 2. The van der Waals surface area contributed by atoms with E-state index in [1.54, 1.807) is 4.90 Å². The standard InChI is InChI=1S/C18H16FN3O3/c1-2-7-21-10-17(23)25-16-8-12(19)14(9-15(16)21)22-18(24)11-5-3-4-6-13(11)20-22/h1,8-9,20H,3-7,10H2. The van der Waals surface area contributed by atoms with Crippen LogP contribution in [-0.2, 0) is 17.6 Å². The van der Waals surface area contributed by atoms with Gasteiger partial charge in [-0.2, -0.15) is 0 Å². The summed E-state index contributed by atoms with van der Waals surface area (Å²) in [6.07, 6.45) is 8.80. The fourth-order valence-corrected chi connectivity index (χ4v) is 3.44. The summed E-state index contributed by atoms with van der Waals surface area (Å²) in [5, 5.41) is 3.02. The van der Waals surface area contributed by atoms with E-state index >= 15 is 0 Å². The molecule has 0 radical (unpaired) electrons. The monoisotopic (exact) mass is 341 g/mol. The van der Waals surface area contributed by atoms with Crippen LogP contribution in [0.2, 0.25) is 0 Å². The molecule has 7 heteroatoms. The molecule has 0 atom stereocenters. The molecule has 0 spiro atoms. The van der Waals surface area contributed by atoms with Crippen molar-refractivity contribution in [2.45, 2.75) is 25.7 Å². The normalized spacial score (nSPS) is 16.0. The number of terminal acetylenes is 1. The van der Waals surface area contributed by atoms with Crippen molar-refractivity contribution in [3.8, 4) is 23.8 Å². The zero-order valence-electron chi connectivity index (χ0n) is 13.5. The molecular formula is C18H16FN3O3. The van der Waals surface area contributed by atoms with Crippen LogP contribution in [0, 0.1) is 18.2 Å². The van der Waals surface area contributed by atoms with E-state index in [4.69, 9.17) is 11.2 Å². The van der Waals surface area contributed by atoms with Crippen molar-refractivity contribution in [1.82, 2.24) is 9.78 Å². The summed E-state index contributed by atoms with van der Waals surface area (Å²) >= 11 is 0. The first-order valence-corrected chi connectivity index (χ1v) is 8.14. The van der Waals surface area contributed by atoms with Crippen LogP contribution in [-0.4, -0.2) is 28.8 Å². The van der Waals surface area contributed by atoms with Crippen molar-refractivity contribution in [3.05, 3.63) is 39.6 Å². The Labute approximate surface area is 143 Å². The zero-order valence-corrected chi connectivity index (χ0v) is 13.5. The molecule has 2 aliphatic rings. The van der Waals surface area contributed by atoms with Crippen molar-refractivity contribution >= 4 is 11.7 Å². The van der Waals surface area contributed by atoms with Gasteiger partial charge in [0.2, 0.25) is 0 Å². The van der Waals surface area contributed by atoms with E-state index in [9.17, 15) is 14.0 Å². The van der Waals surface area contributed by atoms with E-state index in [0.717, 1.165) is 36.6 Å². The quantitative estimate of drug-likeness (QED) is 0.511. The van der Waals surface area contributed by atoms with Crippen LogP contribution < -0.4 is 15.2 Å². The number of ether oxygens (including phenoxy) is 1. The van der Waals surface area contributed by atoms with Gasteiger partial charge in [0.05, 0.1) is 12.2 Å². The summed E-state index contributed by atoms with van der Waals surface area (Å²) < 4.78 is 21.0. The molecule has 2 heterocycles. The first-order chi connectivity index (χ1) is 12.1. The molecule has 6 nitrogen and oxygen atoms in total. The summed E-state index contributed by atoms with van der Waals surface area (Å²) in [6.45, 7) is 0.168. The van der Waals surface area contributed by atoms with Crippen LogP contribution in [0.1, 0.15) is 24.1 Å². The Morgan fingerprint density at radius 3 is 2.80 bits per heavy atom. The summed E-state index contributed by atoms with van der Waals surface area (Å²) in [5.74, 6) is 1.44. The highest BCUT2D eigenvalue weighted by Crippen LogP contribution is 2.35. The lowest BCUT2D eigenvalue weighted by atomic mass is 9.98. The van der Waals surface area contributed by atoms with Gasteiger partial charge in [0.25, 0.3) is 5.56 Å². The smallest absolute Gasteiger partial charge is 0.331 e. The maximum atomic E-state index is 14.6. The average Bonchev–Trinajstić information content (AvgIpc) is 2.91. The molecule has 0 fully saturated rings. The topological polar surface area (TPSA) is 67.3 Å². The van der Waals surface area contributed by atoms with Crippen molar-refractivity contribution in [1.29, 1.82) is 0 Å². The third kappa shape index (κ3) is 2.50. The Kier molecular flexibility index (Phi) is 3.61. The molecule has 0 unspecified atom stereocenters. The Balaban J connectivity index is 1.86. The van der Waals surface area contributed by atoms with Gasteiger partial charge in [0, 0.05) is 17.3 Å². The first-order valence-electron chi connectivity index (χ1n) is 8.14. The number of hydrogen-bond acceptors (Lipinski definition) is 4. The minimum atomic E-state index is -0.644. The van der Waals surface area contributed by atoms with Crippen LogP contribution in [0.15, 0.2) is 16.9 Å². The predicted octanol–water partition coefficient (Wildman–Crippen LogP) is 1.54. The Morgan fingerprint density at radius 1 is 1.24 bits per heavy atom. The number of aromatic amines is 1. The zero-order chi connectivity index (χ0) is 17.6. The second kappa shape index (κ2) is 5.81. The maximum absolute atomic E-state index is 14.6. The molecule has 1 aliphatic heterocycles. The molecule has 4 rings (SSSR count). The third-order valence-electron chi connectivity index (χ3n) is 4.61. The second-order valence-corrected chi connectivity index (χ2v) is 6.22. The summed E-state index contributed by atoms with van der Waals surface area (Å²) in [4.78, 5) is 25.9. The lowest BCUT2D eigenvalue weighted by molar-refractivity contribution is -0.133. The summed E-state index contributed by atoms with van der Waals surface area (Å²) in [6, 6.07) is 2.62. The SMILES string of the molecule is C#CCN1CC(=O)Oc2cc(F)c(-n3[nH]c4c(c3=O)CCCC4)cc21. The van der Waals surface area contributed by atoms with Crippen LogP contribution in [0.5, 0.6) is 5.75 Å². The predicted molar refractivity (Wildman–Crippen MR) is 89.7 cm³/mol. The van der Waals surface area contributed by atoms with E-state index in [-0.39, 0.29) is 30.1 Å². The Morgan fingerprint density at radius 2 is 2.04 bits per heavy atom. The largest absolute Gasteiger partial charge is 0.423 e. The number of aromatic nitrogens is 2. The number of nitrogens with zero attached hydrogens (tertiary/aromatic N) is 2. The molecule has 0 saturated carbocycles. The number of aryl methyl sites for hydroxylation is 1. The van der Waals surface area contributed by atoms with Crippen molar-refractivity contribution in [2.75, 3.05) is 18.0 Å². The average molecular weight is 341 g/mol. The molecule has 0 saturated heterocycles. The third-order valence-corrected chi connectivity index (χ3v) is 4.61. The van der Waals surface area contributed by atoms with E-state index in [2.05, 4.69) is 11.0 Å². The highest BCUT2D eigenvalue weighted by Gasteiger charge is 2.27. The van der Waals surface area contributed by atoms with Gasteiger partial charge in [0.1, 0.15) is 12.2 Å². The second-order valence-electron chi connectivity index (χ2n) is 6.22. The number of anilines is 1. The maximum Gasteiger partial charge on any atom is 0.331 e. The fraction of sp³-hybridized carbons (Fsp3) is 0.333.